The van der Waals surface area contributed by atoms with Gasteiger partial charge in [-0.15, -0.1) is 0 Å². The minimum atomic E-state index is -2.46. The van der Waals surface area contributed by atoms with E-state index in [9.17, 15) is 8.78 Å². The summed E-state index contributed by atoms with van der Waals surface area (Å²) in [6.07, 6.45) is 0.935. The van der Waals surface area contributed by atoms with Gasteiger partial charge >= 0.3 is 0 Å². The number of hydrogen-bond acceptors (Lipinski definition) is 1. The average molecular weight is 347 g/mol. The van der Waals surface area contributed by atoms with Gasteiger partial charge in [-0.1, -0.05) is 46.2 Å². The van der Waals surface area contributed by atoms with Gasteiger partial charge in [0.1, 0.15) is 0 Å². The second-order valence-electron chi connectivity index (χ2n) is 4.02. The van der Waals surface area contributed by atoms with Gasteiger partial charge in [0.15, 0.2) is 0 Å². The molecule has 1 nitrogen and oxygen atoms in total. The van der Waals surface area contributed by atoms with Crippen molar-refractivity contribution in [1.82, 2.24) is 4.90 Å². The van der Waals surface area contributed by atoms with Crippen molar-refractivity contribution in [2.24, 2.45) is 0 Å². The molecule has 0 fully saturated rings. The Morgan fingerprint density at radius 3 is 2.42 bits per heavy atom. The number of alkyl halides is 2. The topological polar surface area (TPSA) is 3.24 Å². The molecule has 19 heavy (non-hydrogen) atoms. The van der Waals surface area contributed by atoms with Crippen molar-refractivity contribution in [3.63, 3.8) is 0 Å². The lowest BCUT2D eigenvalue weighted by Crippen LogP contribution is -2.28. The second kappa shape index (κ2) is 5.88. The Morgan fingerprint density at radius 1 is 1.21 bits per heavy atom. The Hall–Kier alpha value is -1.13. The van der Waals surface area contributed by atoms with E-state index < -0.39 is 13.0 Å². The minimum Gasteiger partial charge on any atom is -0.334 e. The van der Waals surface area contributed by atoms with Crippen LogP contribution in [-0.2, 0) is 0 Å². The first-order valence-electron chi connectivity index (χ1n) is 5.57. The molecular formula is C14H11BrClF2N. The summed E-state index contributed by atoms with van der Waals surface area (Å²) >= 11 is 9.29. The monoisotopic (exact) mass is 345 g/mol. The molecule has 1 heterocycles. The van der Waals surface area contributed by atoms with Crippen LogP contribution >= 0.6 is 27.5 Å². The third-order valence-electron chi connectivity index (χ3n) is 2.74. The molecule has 0 saturated carbocycles. The molecule has 0 saturated heterocycles. The fourth-order valence-corrected chi connectivity index (χ4v) is 2.26. The molecule has 0 spiro atoms. The molecule has 0 bridgehead atoms. The summed E-state index contributed by atoms with van der Waals surface area (Å²) < 4.78 is 26.3. The van der Waals surface area contributed by atoms with E-state index >= 15 is 0 Å². The highest BCUT2D eigenvalue weighted by Crippen LogP contribution is 2.33. The van der Waals surface area contributed by atoms with Crippen LogP contribution in [0.5, 0.6) is 0 Å². The highest BCUT2D eigenvalue weighted by atomic mass is 79.9. The molecule has 0 radical (unpaired) electrons. The number of allylic oxidation sites excluding steroid dienone is 3. The van der Waals surface area contributed by atoms with E-state index in [1.165, 1.54) is 4.90 Å². The van der Waals surface area contributed by atoms with Gasteiger partial charge in [0.25, 0.3) is 6.43 Å². The smallest absolute Gasteiger partial charge is 0.256 e. The van der Waals surface area contributed by atoms with Gasteiger partial charge < -0.3 is 4.90 Å². The molecule has 5 heteroatoms. The van der Waals surface area contributed by atoms with Crippen LogP contribution in [-0.4, -0.2) is 17.9 Å². The summed E-state index contributed by atoms with van der Waals surface area (Å²) in [5.74, 6) is 0. The number of nitrogens with zero attached hydrogens (tertiary/aromatic N) is 1. The molecule has 0 unspecified atom stereocenters. The predicted molar refractivity (Wildman–Crippen MR) is 77.9 cm³/mol. The van der Waals surface area contributed by atoms with Crippen LogP contribution in [0.1, 0.15) is 5.56 Å². The maximum Gasteiger partial charge on any atom is 0.256 e. The quantitative estimate of drug-likeness (QED) is 0.744. The van der Waals surface area contributed by atoms with Crippen molar-refractivity contribution >= 4 is 33.2 Å². The molecule has 0 N–H and O–H groups in total. The number of halogens is 4. The third kappa shape index (κ3) is 3.25. The summed E-state index contributed by atoms with van der Waals surface area (Å²) in [5.41, 5.74) is 1.90. The third-order valence-corrected chi connectivity index (χ3v) is 3.61. The van der Waals surface area contributed by atoms with Crippen LogP contribution in [0.4, 0.5) is 8.78 Å². The van der Waals surface area contributed by atoms with Gasteiger partial charge in [-0.05, 0) is 29.8 Å². The Bertz CT molecular complexity index is 549. The van der Waals surface area contributed by atoms with E-state index in [-0.39, 0.29) is 0 Å². The Kier molecular flexibility index (Phi) is 4.42. The van der Waals surface area contributed by atoms with Crippen LogP contribution < -0.4 is 0 Å². The lowest BCUT2D eigenvalue weighted by Gasteiger charge is -2.31. The van der Waals surface area contributed by atoms with Gasteiger partial charge in [0.05, 0.1) is 17.3 Å². The van der Waals surface area contributed by atoms with E-state index in [1.807, 2.05) is 24.3 Å². The Balaban J connectivity index is 2.39. The van der Waals surface area contributed by atoms with Gasteiger partial charge in [0, 0.05) is 10.2 Å². The Morgan fingerprint density at radius 2 is 1.84 bits per heavy atom. The van der Waals surface area contributed by atoms with Crippen LogP contribution in [0.3, 0.4) is 0 Å². The Labute approximate surface area is 124 Å². The average Bonchev–Trinajstić information content (AvgIpc) is 2.36. The molecule has 1 aliphatic rings. The minimum absolute atomic E-state index is 0.376. The SMILES string of the molecule is C=C1C(Cl)=CC=C(c2ccc(Br)cc2)N1CC(F)F. The first kappa shape index (κ1) is 14.3. The van der Waals surface area contributed by atoms with Crippen molar-refractivity contribution in [3.8, 4) is 0 Å². The van der Waals surface area contributed by atoms with Crippen molar-refractivity contribution in [3.05, 3.63) is 63.8 Å². The summed E-state index contributed by atoms with van der Waals surface area (Å²) in [6.45, 7) is 3.34. The summed E-state index contributed by atoms with van der Waals surface area (Å²) in [7, 11) is 0. The van der Waals surface area contributed by atoms with E-state index in [2.05, 4.69) is 22.5 Å². The van der Waals surface area contributed by atoms with Crippen LogP contribution in [0.25, 0.3) is 5.70 Å². The second-order valence-corrected chi connectivity index (χ2v) is 5.34. The molecule has 2 rings (SSSR count). The number of hydrogen-bond donors (Lipinski definition) is 0. The van der Waals surface area contributed by atoms with Crippen LogP contribution in [0.15, 0.2) is 58.2 Å². The highest BCUT2D eigenvalue weighted by Gasteiger charge is 2.23. The lowest BCUT2D eigenvalue weighted by molar-refractivity contribution is 0.123. The lowest BCUT2D eigenvalue weighted by atomic mass is 10.1. The number of benzene rings is 1. The molecule has 1 aliphatic heterocycles. The molecule has 1 aromatic rings. The van der Waals surface area contributed by atoms with Gasteiger partial charge in [-0.3, -0.25) is 0 Å². The van der Waals surface area contributed by atoms with E-state index in [4.69, 9.17) is 11.6 Å². The standard InChI is InChI=1S/C14H11BrClF2N/c1-9-12(16)6-7-13(19(9)8-14(17)18)10-2-4-11(15)5-3-10/h2-7,14H,1,8H2. The van der Waals surface area contributed by atoms with Crippen molar-refractivity contribution in [2.45, 2.75) is 6.43 Å². The normalized spacial score (nSPS) is 15.6. The van der Waals surface area contributed by atoms with Gasteiger partial charge in [0.2, 0.25) is 0 Å². The zero-order valence-electron chi connectivity index (χ0n) is 9.91. The van der Waals surface area contributed by atoms with Crippen molar-refractivity contribution < 1.29 is 8.78 Å². The largest absolute Gasteiger partial charge is 0.334 e. The molecule has 0 amide bonds. The zero-order valence-corrected chi connectivity index (χ0v) is 12.3. The zero-order chi connectivity index (χ0) is 14.0. The summed E-state index contributed by atoms with van der Waals surface area (Å²) in [6, 6.07) is 7.43. The molecule has 1 aromatic carbocycles. The number of rotatable bonds is 3. The molecule has 0 aromatic heterocycles. The van der Waals surface area contributed by atoms with Crippen LogP contribution in [0.2, 0.25) is 0 Å². The van der Waals surface area contributed by atoms with Gasteiger partial charge in [-0.2, -0.15) is 0 Å². The van der Waals surface area contributed by atoms with E-state index in [0.29, 0.717) is 16.4 Å². The molecule has 0 atom stereocenters. The molecule has 0 aliphatic carbocycles. The molecular weight excluding hydrogens is 336 g/mol. The first-order valence-corrected chi connectivity index (χ1v) is 6.74. The summed E-state index contributed by atoms with van der Waals surface area (Å²) in [4.78, 5) is 1.44. The fraction of sp³-hybridized carbons (Fsp3) is 0.143. The van der Waals surface area contributed by atoms with Gasteiger partial charge in [-0.25, -0.2) is 8.78 Å². The van der Waals surface area contributed by atoms with Crippen molar-refractivity contribution in [2.75, 3.05) is 6.54 Å². The van der Waals surface area contributed by atoms with E-state index in [1.54, 1.807) is 12.2 Å². The maximum absolute atomic E-state index is 12.7. The first-order chi connectivity index (χ1) is 8.99. The summed E-state index contributed by atoms with van der Waals surface area (Å²) in [5, 5.41) is 0.376. The van der Waals surface area contributed by atoms with E-state index in [0.717, 1.165) is 10.0 Å². The maximum atomic E-state index is 12.7. The van der Waals surface area contributed by atoms with Crippen molar-refractivity contribution in [1.29, 1.82) is 0 Å². The predicted octanol–water partition coefficient (Wildman–Crippen LogP) is 5.01. The molecule has 100 valence electrons. The van der Waals surface area contributed by atoms with Crippen LogP contribution in [0, 0.1) is 0 Å². The fourth-order valence-electron chi connectivity index (χ4n) is 1.83. The highest BCUT2D eigenvalue weighted by molar-refractivity contribution is 9.10.